The van der Waals surface area contributed by atoms with E-state index < -0.39 is 0 Å². The van der Waals surface area contributed by atoms with Crippen molar-refractivity contribution in [3.8, 4) is 0 Å². The largest absolute Gasteiger partial charge is 0.353 e. The van der Waals surface area contributed by atoms with E-state index in [4.69, 9.17) is 11.6 Å². The molecule has 0 spiro atoms. The Labute approximate surface area is 164 Å². The predicted molar refractivity (Wildman–Crippen MR) is 107 cm³/mol. The summed E-state index contributed by atoms with van der Waals surface area (Å²) in [5, 5.41) is 8.82. The Morgan fingerprint density at radius 2 is 2.08 bits per heavy atom. The number of rotatable bonds is 6. The van der Waals surface area contributed by atoms with Gasteiger partial charge in [-0.05, 0) is 48.2 Å². The van der Waals surface area contributed by atoms with Crippen LogP contribution in [0, 0.1) is 0 Å². The van der Waals surface area contributed by atoms with Crippen LogP contribution in [-0.4, -0.2) is 37.5 Å². The molecule has 25 heavy (non-hydrogen) atoms. The molecule has 3 rings (SSSR count). The van der Waals surface area contributed by atoms with E-state index in [1.807, 2.05) is 23.5 Å². The number of likely N-dealkylation sites (N-methyl/N-ethyl adjacent to an activating group) is 1. The summed E-state index contributed by atoms with van der Waals surface area (Å²) in [6.45, 7) is 2.86. The monoisotopic (exact) mass is 399 g/mol. The lowest BCUT2D eigenvalue weighted by Gasteiger charge is -2.35. The fourth-order valence-electron chi connectivity index (χ4n) is 3.11. The highest BCUT2D eigenvalue weighted by Crippen LogP contribution is 2.30. The molecule has 1 aromatic carbocycles. The molecule has 1 amide bonds. The van der Waals surface area contributed by atoms with E-state index >= 15 is 0 Å². The fourth-order valence-corrected chi connectivity index (χ4v) is 4.13. The van der Waals surface area contributed by atoms with Gasteiger partial charge in [0.2, 0.25) is 5.91 Å². The SMILES string of the molecule is CNCC(=O)NCC(c1ccc(Cl)cc1)N1CCc2sccc2C1.Cl. The van der Waals surface area contributed by atoms with Gasteiger partial charge in [-0.25, -0.2) is 0 Å². The molecule has 1 atom stereocenters. The minimum Gasteiger partial charge on any atom is -0.353 e. The van der Waals surface area contributed by atoms with Gasteiger partial charge >= 0.3 is 0 Å². The smallest absolute Gasteiger partial charge is 0.234 e. The third kappa shape index (κ3) is 5.19. The molecule has 1 aliphatic rings. The van der Waals surface area contributed by atoms with Gasteiger partial charge in [0, 0.05) is 29.5 Å². The van der Waals surface area contributed by atoms with Crippen LogP contribution in [0.25, 0.3) is 0 Å². The number of carbonyl (C=O) groups is 1. The number of hydrogen-bond acceptors (Lipinski definition) is 4. The first-order valence-corrected chi connectivity index (χ1v) is 9.39. The van der Waals surface area contributed by atoms with E-state index in [-0.39, 0.29) is 24.4 Å². The molecule has 1 aliphatic heterocycles. The second-order valence-corrected chi connectivity index (χ2v) is 7.43. The number of thiophene rings is 1. The maximum atomic E-state index is 11.9. The summed E-state index contributed by atoms with van der Waals surface area (Å²) in [5.41, 5.74) is 2.59. The normalized spacial score (nSPS) is 15.1. The number of halogens is 2. The van der Waals surface area contributed by atoms with Crippen molar-refractivity contribution in [1.29, 1.82) is 0 Å². The van der Waals surface area contributed by atoms with Gasteiger partial charge < -0.3 is 10.6 Å². The highest BCUT2D eigenvalue weighted by atomic mass is 35.5. The third-order valence-electron chi connectivity index (χ3n) is 4.36. The van der Waals surface area contributed by atoms with Gasteiger partial charge in [-0.2, -0.15) is 0 Å². The number of fused-ring (bicyclic) bond motifs is 1. The first-order valence-electron chi connectivity index (χ1n) is 8.13. The summed E-state index contributed by atoms with van der Waals surface area (Å²) in [5.74, 6) is 0.0182. The van der Waals surface area contributed by atoms with Crippen LogP contribution in [-0.2, 0) is 17.8 Å². The molecule has 0 saturated heterocycles. The molecule has 0 fully saturated rings. The average Bonchev–Trinajstić information content (AvgIpc) is 3.04. The van der Waals surface area contributed by atoms with Gasteiger partial charge in [0.15, 0.2) is 0 Å². The standard InChI is InChI=1S/C18H22ClN3OS.ClH/c1-20-11-18(23)21-10-16(13-2-4-15(19)5-3-13)22-8-6-17-14(12-22)7-9-24-17;/h2-5,7,9,16,20H,6,8,10-12H2,1H3,(H,21,23);1H. The first kappa shape index (κ1) is 20.2. The average molecular weight is 400 g/mol. The maximum Gasteiger partial charge on any atom is 0.234 e. The molecule has 0 saturated carbocycles. The van der Waals surface area contributed by atoms with E-state index in [0.717, 1.165) is 24.5 Å². The summed E-state index contributed by atoms with van der Waals surface area (Å²) >= 11 is 7.87. The van der Waals surface area contributed by atoms with Gasteiger partial charge in [-0.15, -0.1) is 23.7 Å². The van der Waals surface area contributed by atoms with Crippen LogP contribution in [0.3, 0.4) is 0 Å². The van der Waals surface area contributed by atoms with Crippen molar-refractivity contribution >= 4 is 41.3 Å². The van der Waals surface area contributed by atoms with Gasteiger partial charge in [0.25, 0.3) is 0 Å². The zero-order valence-electron chi connectivity index (χ0n) is 14.1. The van der Waals surface area contributed by atoms with Crippen LogP contribution in [0.15, 0.2) is 35.7 Å². The van der Waals surface area contributed by atoms with E-state index in [0.29, 0.717) is 13.1 Å². The summed E-state index contributed by atoms with van der Waals surface area (Å²) in [4.78, 5) is 15.8. The van der Waals surface area contributed by atoms with E-state index in [9.17, 15) is 4.79 Å². The Morgan fingerprint density at radius 3 is 2.80 bits per heavy atom. The van der Waals surface area contributed by atoms with Crippen LogP contribution < -0.4 is 10.6 Å². The van der Waals surface area contributed by atoms with Gasteiger partial charge in [0.1, 0.15) is 0 Å². The van der Waals surface area contributed by atoms with Gasteiger partial charge in [-0.3, -0.25) is 9.69 Å². The molecule has 2 heterocycles. The van der Waals surface area contributed by atoms with E-state index in [1.54, 1.807) is 7.05 Å². The lowest BCUT2D eigenvalue weighted by Crippen LogP contribution is -2.42. The molecule has 0 aliphatic carbocycles. The molecule has 136 valence electrons. The first-order chi connectivity index (χ1) is 11.7. The van der Waals surface area contributed by atoms with Crippen molar-refractivity contribution in [3.63, 3.8) is 0 Å². The van der Waals surface area contributed by atoms with Crippen LogP contribution in [0.5, 0.6) is 0 Å². The predicted octanol–water partition coefficient (Wildman–Crippen LogP) is 3.26. The van der Waals surface area contributed by atoms with Crippen LogP contribution in [0.1, 0.15) is 22.0 Å². The Balaban J connectivity index is 0.00000225. The number of amides is 1. The molecular formula is C18H23Cl2N3OS. The second kappa shape index (κ2) is 9.55. The van der Waals surface area contributed by atoms with Crippen molar-refractivity contribution in [2.45, 2.75) is 19.0 Å². The molecule has 2 aromatic rings. The molecular weight excluding hydrogens is 377 g/mol. The van der Waals surface area contributed by atoms with Crippen molar-refractivity contribution in [3.05, 3.63) is 56.7 Å². The Bertz CT molecular complexity index is 690. The lowest BCUT2D eigenvalue weighted by molar-refractivity contribution is -0.120. The number of carbonyl (C=O) groups excluding carboxylic acids is 1. The Morgan fingerprint density at radius 1 is 1.32 bits per heavy atom. The zero-order chi connectivity index (χ0) is 16.9. The summed E-state index contributed by atoms with van der Waals surface area (Å²) < 4.78 is 0. The maximum absolute atomic E-state index is 11.9. The molecule has 4 nitrogen and oxygen atoms in total. The summed E-state index contributed by atoms with van der Waals surface area (Å²) in [6.07, 6.45) is 1.07. The van der Waals surface area contributed by atoms with Crippen LogP contribution in [0.4, 0.5) is 0 Å². The zero-order valence-corrected chi connectivity index (χ0v) is 16.5. The van der Waals surface area contributed by atoms with Crippen LogP contribution >= 0.6 is 35.3 Å². The van der Waals surface area contributed by atoms with E-state index in [2.05, 4.69) is 39.1 Å². The van der Waals surface area contributed by atoms with Crippen molar-refractivity contribution in [2.24, 2.45) is 0 Å². The molecule has 7 heteroatoms. The Kier molecular flexibility index (Phi) is 7.72. The minimum absolute atomic E-state index is 0. The highest BCUT2D eigenvalue weighted by molar-refractivity contribution is 7.10. The van der Waals surface area contributed by atoms with Crippen molar-refractivity contribution in [1.82, 2.24) is 15.5 Å². The Hall–Kier alpha value is -1.11. The number of benzene rings is 1. The quantitative estimate of drug-likeness (QED) is 0.783. The number of nitrogens with zero attached hydrogens (tertiary/aromatic N) is 1. The van der Waals surface area contributed by atoms with E-state index in [1.165, 1.54) is 16.0 Å². The summed E-state index contributed by atoms with van der Waals surface area (Å²) in [6, 6.07) is 10.3. The summed E-state index contributed by atoms with van der Waals surface area (Å²) in [7, 11) is 1.78. The lowest BCUT2D eigenvalue weighted by atomic mass is 10.0. The molecule has 2 N–H and O–H groups in total. The highest BCUT2D eigenvalue weighted by Gasteiger charge is 2.25. The fraction of sp³-hybridized carbons (Fsp3) is 0.389. The minimum atomic E-state index is 0. The third-order valence-corrected chi connectivity index (χ3v) is 5.64. The number of hydrogen-bond donors (Lipinski definition) is 2. The molecule has 0 radical (unpaired) electrons. The van der Waals surface area contributed by atoms with Gasteiger partial charge in [0.05, 0.1) is 12.6 Å². The van der Waals surface area contributed by atoms with Crippen molar-refractivity contribution < 1.29 is 4.79 Å². The molecule has 1 unspecified atom stereocenters. The number of nitrogens with one attached hydrogen (secondary N) is 2. The topological polar surface area (TPSA) is 44.4 Å². The van der Waals surface area contributed by atoms with Gasteiger partial charge in [-0.1, -0.05) is 23.7 Å². The van der Waals surface area contributed by atoms with Crippen molar-refractivity contribution in [2.75, 3.05) is 26.7 Å². The molecule has 0 bridgehead atoms. The van der Waals surface area contributed by atoms with Crippen LogP contribution in [0.2, 0.25) is 5.02 Å². The molecule has 1 aromatic heterocycles. The second-order valence-electron chi connectivity index (χ2n) is 5.99.